The number of benzene rings is 2. The number of carbonyl (C=O) groups excluding carboxylic acids is 3. The van der Waals surface area contributed by atoms with Crippen LogP contribution < -0.4 is 4.74 Å². The van der Waals surface area contributed by atoms with Crippen LogP contribution in [-0.2, 0) is 68.1 Å². The molecule has 5 fully saturated rings. The van der Waals surface area contributed by atoms with Crippen LogP contribution in [0.3, 0.4) is 0 Å². The van der Waals surface area contributed by atoms with Gasteiger partial charge in [-0.1, -0.05) is 6.08 Å². The highest BCUT2D eigenvalue weighted by Gasteiger charge is 2.52. The molecule has 0 radical (unpaired) electrons. The fraction of sp³-hybridized carbons (Fsp3) is 0.732. The van der Waals surface area contributed by atoms with Gasteiger partial charge in [0.2, 0.25) is 6.29 Å². The zero-order chi connectivity index (χ0) is 59.3. The second kappa shape index (κ2) is 25.6. The molecule has 1 aliphatic carbocycles. The van der Waals surface area contributed by atoms with Gasteiger partial charge in [-0.15, -0.1) is 0 Å². The highest BCUT2D eigenvalue weighted by Crippen LogP contribution is 2.48. The first-order valence-electron chi connectivity index (χ1n) is 27.6. The van der Waals surface area contributed by atoms with Gasteiger partial charge in [0.05, 0.1) is 71.5 Å². The summed E-state index contributed by atoms with van der Waals surface area (Å²) >= 11 is 0. The Hall–Kier alpha value is -4.07. The molecule has 0 bridgehead atoms. The third-order valence-electron chi connectivity index (χ3n) is 16.4. The minimum absolute atomic E-state index is 0.0487. The van der Waals surface area contributed by atoms with Crippen LogP contribution in [0.5, 0.6) is 17.2 Å². The SMILES string of the molecule is C/C=C/C(=O)O[C@H](C)[C@H](O)C(=O)[C@@H](OC)[C@@H]1Cc2cc3cc(O[C@H]4C[C@H](O[C@H]5C[C@@H](O)[C@H](O)[C@@H](C)O5)[C@H](O)[C@@H](C)O4)c(C)c(O)c3c(O)c2C(=O)[C@H]1O[C@H]1C[C@@H](O[C@@H]2C[C@@H](O)[C@@H](O[C@H]3C[C@](C)(O)[C@H](O)[C@@H](C)O3)[C@@H](C)O2)[C@H](O)[C@@H](C)O1. The first kappa shape index (κ1) is 63.0. The van der Waals surface area contributed by atoms with Gasteiger partial charge in [-0.2, -0.15) is 0 Å². The molecule has 8 rings (SSSR count). The lowest BCUT2D eigenvalue weighted by Gasteiger charge is -2.46. The summed E-state index contributed by atoms with van der Waals surface area (Å²) < 4.78 is 72.1. The smallest absolute Gasteiger partial charge is 0.330 e. The number of hydrogen-bond donors (Lipinski definition) is 10. The second-order valence-corrected chi connectivity index (χ2v) is 22.6. The van der Waals surface area contributed by atoms with Gasteiger partial charge in [0, 0.05) is 56.8 Å². The molecule has 25 atom stereocenters. The van der Waals surface area contributed by atoms with E-state index in [1.807, 2.05) is 0 Å². The number of fused-ring (bicyclic) bond motifs is 2. The third-order valence-corrected chi connectivity index (χ3v) is 16.4. The van der Waals surface area contributed by atoms with Gasteiger partial charge in [-0.05, 0) is 91.8 Å². The predicted octanol–water partition coefficient (Wildman–Crippen LogP) is 0.878. The summed E-state index contributed by atoms with van der Waals surface area (Å²) in [6, 6.07) is 3.02. The third kappa shape index (κ3) is 13.4. The Labute approximate surface area is 468 Å². The second-order valence-electron chi connectivity index (χ2n) is 22.6. The van der Waals surface area contributed by atoms with Crippen LogP contribution in [0.1, 0.15) is 109 Å². The number of aromatic hydroxyl groups is 2. The summed E-state index contributed by atoms with van der Waals surface area (Å²) in [5.74, 6) is -5.03. The lowest BCUT2D eigenvalue weighted by Crippen LogP contribution is -2.58. The number of hydrogen-bond acceptors (Lipinski definition) is 25. The Kier molecular flexibility index (Phi) is 19.9. The Bertz CT molecular complexity index is 2550. The molecule has 25 heteroatoms. The van der Waals surface area contributed by atoms with E-state index < -0.39 is 182 Å². The van der Waals surface area contributed by atoms with Crippen molar-refractivity contribution in [2.24, 2.45) is 5.92 Å². The summed E-state index contributed by atoms with van der Waals surface area (Å²) in [4.78, 5) is 41.9. The van der Waals surface area contributed by atoms with Crippen molar-refractivity contribution in [2.45, 2.75) is 248 Å². The van der Waals surface area contributed by atoms with Crippen molar-refractivity contribution in [3.63, 3.8) is 0 Å². The van der Waals surface area contributed by atoms with E-state index in [4.69, 9.17) is 56.8 Å². The van der Waals surface area contributed by atoms with Crippen LogP contribution in [0.2, 0.25) is 0 Å². The van der Waals surface area contributed by atoms with Crippen molar-refractivity contribution in [1.29, 1.82) is 0 Å². The van der Waals surface area contributed by atoms with Crippen LogP contribution in [0.4, 0.5) is 0 Å². The fourth-order valence-electron chi connectivity index (χ4n) is 11.8. The number of phenolic OH excluding ortho intramolecular Hbond substituents is 2. The van der Waals surface area contributed by atoms with E-state index in [-0.39, 0.29) is 71.7 Å². The summed E-state index contributed by atoms with van der Waals surface area (Å²) in [5, 5.41) is 111. The number of aliphatic hydroxyl groups excluding tert-OH is 7. The molecule has 0 aromatic heterocycles. The van der Waals surface area contributed by atoms with Gasteiger partial charge in [0.15, 0.2) is 42.8 Å². The number of Topliss-reactive ketones (excluding diaryl/α,β-unsaturated/α-hetero) is 2. The van der Waals surface area contributed by atoms with Gasteiger partial charge in [0.25, 0.3) is 0 Å². The minimum Gasteiger partial charge on any atom is -0.507 e. The quantitative estimate of drug-likeness (QED) is 0.0776. The molecule has 454 valence electrons. The first-order chi connectivity index (χ1) is 38.1. The molecule has 5 aliphatic heterocycles. The molecule has 81 heavy (non-hydrogen) atoms. The van der Waals surface area contributed by atoms with E-state index in [0.29, 0.717) is 0 Å². The molecule has 0 spiro atoms. The highest BCUT2D eigenvalue weighted by molar-refractivity contribution is 6.11. The molecule has 2 aromatic carbocycles. The number of rotatable bonds is 17. The molecule has 0 saturated carbocycles. The molecule has 2 aromatic rings. The number of methoxy groups -OCH3 is 1. The molecule has 5 saturated heterocycles. The van der Waals surface area contributed by atoms with Gasteiger partial charge in [0.1, 0.15) is 66.1 Å². The van der Waals surface area contributed by atoms with Gasteiger partial charge in [-0.3, -0.25) is 9.59 Å². The van der Waals surface area contributed by atoms with Crippen molar-refractivity contribution >= 4 is 28.3 Å². The average Bonchev–Trinajstić information content (AvgIpc) is 3.45. The number of ketones is 2. The van der Waals surface area contributed by atoms with Crippen molar-refractivity contribution in [3.05, 3.63) is 41.0 Å². The van der Waals surface area contributed by atoms with Crippen LogP contribution in [0, 0.1) is 12.8 Å². The van der Waals surface area contributed by atoms with E-state index in [2.05, 4.69) is 0 Å². The van der Waals surface area contributed by atoms with E-state index in [1.54, 1.807) is 34.6 Å². The van der Waals surface area contributed by atoms with Crippen LogP contribution >= 0.6 is 0 Å². The monoisotopic (exact) mass is 1150 g/mol. The number of aliphatic hydroxyl groups is 8. The molecule has 5 heterocycles. The Morgan fingerprint density at radius 2 is 1.28 bits per heavy atom. The van der Waals surface area contributed by atoms with Gasteiger partial charge < -0.3 is 108 Å². The minimum atomic E-state index is -1.97. The number of carbonyl (C=O) groups is 3. The molecule has 25 nitrogen and oxygen atoms in total. The summed E-state index contributed by atoms with van der Waals surface area (Å²) in [6.45, 7) is 13.8. The summed E-state index contributed by atoms with van der Waals surface area (Å²) in [7, 11) is 1.18. The Morgan fingerprint density at radius 3 is 1.86 bits per heavy atom. The predicted molar refractivity (Wildman–Crippen MR) is 277 cm³/mol. The van der Waals surface area contributed by atoms with Crippen molar-refractivity contribution < 1.29 is 122 Å². The van der Waals surface area contributed by atoms with Crippen molar-refractivity contribution in [2.75, 3.05) is 7.11 Å². The zero-order valence-corrected chi connectivity index (χ0v) is 47.0. The zero-order valence-electron chi connectivity index (χ0n) is 47.0. The van der Waals surface area contributed by atoms with Crippen LogP contribution in [-0.4, -0.2) is 223 Å². The van der Waals surface area contributed by atoms with Crippen LogP contribution in [0.15, 0.2) is 24.3 Å². The summed E-state index contributed by atoms with van der Waals surface area (Å²) in [5.41, 5.74) is -1.51. The van der Waals surface area contributed by atoms with E-state index in [1.165, 1.54) is 53.0 Å². The van der Waals surface area contributed by atoms with Crippen LogP contribution in [0.25, 0.3) is 10.8 Å². The molecular weight excluding hydrogens is 1070 g/mol. The lowest BCUT2D eigenvalue weighted by molar-refractivity contribution is -0.337. The van der Waals surface area contributed by atoms with Crippen molar-refractivity contribution in [1.82, 2.24) is 0 Å². The maximum atomic E-state index is 15.2. The van der Waals surface area contributed by atoms with Crippen molar-refractivity contribution in [3.8, 4) is 17.2 Å². The molecule has 0 unspecified atom stereocenters. The number of allylic oxidation sites excluding steroid dienone is 1. The Morgan fingerprint density at radius 1 is 0.728 bits per heavy atom. The van der Waals surface area contributed by atoms with E-state index >= 15 is 4.79 Å². The molecule has 0 amide bonds. The largest absolute Gasteiger partial charge is 0.507 e. The fourth-order valence-corrected chi connectivity index (χ4v) is 11.8. The maximum absolute atomic E-state index is 15.2. The standard InChI is InChI=1S/C56H80O25/c1-11-12-36(59)71-25(6)48(64)51(67)53(70-10)30-14-28-13-29-15-33(77-39-18-34(46(62)23(4)73-39)78-37-16-31(57)45(61)22(3)72-37)21(2)44(60)42(29)49(65)43(28)50(66)54(30)80-40-19-35(47(63)24(5)74-40)79-38-17-32(58)52(26(7)75-38)81-41-20-56(9,69)55(68)27(8)76-41/h11-13,15,22-27,30-32,34-35,37-41,45-48,52-55,57-58,60-65,68-69H,14,16-20H2,1-10H3/b12-11+/t22-,23-,24-,25-,26-,27-,30+,31-,32-,34+,35-,37+,38-,39+,40+,41+,45-,46-,47-,48+,52+,53+,54+,55-,56+/m1/s1. The number of ether oxygens (including phenoxy) is 12. The normalized spacial score (nSPS) is 40.6. The topological polar surface area (TPSA) is 364 Å². The number of esters is 1. The molecule has 10 N–H and O–H groups in total. The summed E-state index contributed by atoms with van der Waals surface area (Å²) in [6.07, 6.45) is -24.8. The Balaban J connectivity index is 1.05. The number of phenols is 2. The highest BCUT2D eigenvalue weighted by atomic mass is 16.7. The van der Waals surface area contributed by atoms with Gasteiger partial charge >= 0.3 is 5.97 Å². The maximum Gasteiger partial charge on any atom is 0.330 e. The lowest BCUT2D eigenvalue weighted by atomic mass is 9.75. The van der Waals surface area contributed by atoms with E-state index in [9.17, 15) is 60.7 Å². The van der Waals surface area contributed by atoms with Gasteiger partial charge in [-0.25, -0.2) is 4.79 Å². The molecule has 6 aliphatic rings. The average molecular weight is 1150 g/mol. The first-order valence-corrected chi connectivity index (χ1v) is 27.6. The van der Waals surface area contributed by atoms with E-state index in [0.717, 1.165) is 6.08 Å². The molecular formula is C56H80O25.